The lowest BCUT2D eigenvalue weighted by molar-refractivity contribution is -0.0328. The summed E-state index contributed by atoms with van der Waals surface area (Å²) in [6.45, 7) is 4.32. The van der Waals surface area contributed by atoms with Crippen LogP contribution in [0.4, 0.5) is 0 Å². The number of ether oxygens (including phenoxy) is 1. The topological polar surface area (TPSA) is 131 Å². The Labute approximate surface area is 114 Å². The molecule has 0 atom stereocenters. The molecular formula is C12H28O7. The minimum absolute atomic E-state index is 0.0278. The van der Waals surface area contributed by atoms with Crippen LogP contribution in [0.25, 0.3) is 0 Å². The third kappa shape index (κ3) is 17.5. The summed E-state index contributed by atoms with van der Waals surface area (Å²) < 4.78 is 4.63. The zero-order valence-electron chi connectivity index (χ0n) is 11.5. The van der Waals surface area contributed by atoms with Crippen LogP contribution in [0.15, 0.2) is 12.7 Å². The van der Waals surface area contributed by atoms with Crippen molar-refractivity contribution in [3.63, 3.8) is 0 Å². The lowest BCUT2D eigenvalue weighted by atomic mass is 9.93. The van der Waals surface area contributed by atoms with Gasteiger partial charge in [-0.2, -0.15) is 0 Å². The van der Waals surface area contributed by atoms with E-state index in [1.807, 2.05) is 6.92 Å². The molecule has 0 saturated carbocycles. The molecule has 0 spiro atoms. The molecule has 0 rings (SSSR count). The van der Waals surface area contributed by atoms with Gasteiger partial charge in [0.2, 0.25) is 0 Å². The molecule has 0 unspecified atom stereocenters. The minimum Gasteiger partial charge on any atom is -0.396 e. The van der Waals surface area contributed by atoms with Gasteiger partial charge in [-0.25, -0.2) is 0 Å². The number of aliphatic hydroxyl groups excluding tert-OH is 6. The van der Waals surface area contributed by atoms with E-state index in [0.29, 0.717) is 13.2 Å². The summed E-state index contributed by atoms with van der Waals surface area (Å²) >= 11 is 0. The van der Waals surface area contributed by atoms with E-state index < -0.39 is 31.8 Å². The maximum atomic E-state index is 8.50. The predicted octanol–water partition coefficient (Wildman–Crippen LogP) is -1.88. The SMILES string of the molecule is C=CC.OCC(CO)(CO)CO.OCCOCCO. The first kappa shape index (κ1) is 23.5. The van der Waals surface area contributed by atoms with Gasteiger partial charge >= 0.3 is 0 Å². The zero-order valence-corrected chi connectivity index (χ0v) is 11.5. The average molecular weight is 284 g/mol. The van der Waals surface area contributed by atoms with E-state index in [-0.39, 0.29) is 13.2 Å². The highest BCUT2D eigenvalue weighted by molar-refractivity contribution is 4.74. The van der Waals surface area contributed by atoms with Gasteiger partial charge in [-0.1, -0.05) is 6.08 Å². The van der Waals surface area contributed by atoms with Crippen molar-refractivity contribution in [1.82, 2.24) is 0 Å². The summed E-state index contributed by atoms with van der Waals surface area (Å²) in [5.74, 6) is 0. The quantitative estimate of drug-likeness (QED) is 0.227. The van der Waals surface area contributed by atoms with Crippen LogP contribution in [0.3, 0.4) is 0 Å². The van der Waals surface area contributed by atoms with Gasteiger partial charge in [0, 0.05) is 0 Å². The van der Waals surface area contributed by atoms with Gasteiger partial charge in [0.15, 0.2) is 0 Å². The summed E-state index contributed by atoms with van der Waals surface area (Å²) in [6, 6.07) is 0. The molecule has 0 radical (unpaired) electrons. The van der Waals surface area contributed by atoms with Crippen molar-refractivity contribution in [2.45, 2.75) is 6.92 Å². The van der Waals surface area contributed by atoms with Gasteiger partial charge in [0.1, 0.15) is 0 Å². The molecule has 6 N–H and O–H groups in total. The van der Waals surface area contributed by atoms with Crippen LogP contribution >= 0.6 is 0 Å². The fourth-order valence-corrected chi connectivity index (χ4v) is 0.531. The van der Waals surface area contributed by atoms with Gasteiger partial charge < -0.3 is 35.4 Å². The molecule has 0 aliphatic rings. The number of rotatable bonds is 8. The lowest BCUT2D eigenvalue weighted by Gasteiger charge is -2.23. The van der Waals surface area contributed by atoms with Gasteiger partial charge in [-0.05, 0) is 6.92 Å². The Kier molecular flexibility index (Phi) is 24.5. The third-order valence-corrected chi connectivity index (χ3v) is 1.81. The molecule has 0 aromatic rings. The van der Waals surface area contributed by atoms with Crippen molar-refractivity contribution in [2.24, 2.45) is 5.41 Å². The zero-order chi connectivity index (χ0) is 15.6. The molecule has 0 fully saturated rings. The molecule has 0 heterocycles. The average Bonchev–Trinajstić information content (AvgIpc) is 2.44. The standard InChI is InChI=1S/C5H12O4.C4H10O3.C3H6/c6-1-5(2-7,3-8)4-9;5-1-3-7-4-2-6;1-3-2/h6-9H,1-4H2;5-6H,1-4H2;3H,1H2,2H3. The minimum atomic E-state index is -1.11. The highest BCUT2D eigenvalue weighted by atomic mass is 16.5. The first-order valence-corrected chi connectivity index (χ1v) is 5.87. The van der Waals surface area contributed by atoms with E-state index in [9.17, 15) is 0 Å². The largest absolute Gasteiger partial charge is 0.396 e. The van der Waals surface area contributed by atoms with Crippen LogP contribution < -0.4 is 0 Å². The number of aliphatic hydroxyl groups is 6. The van der Waals surface area contributed by atoms with Crippen molar-refractivity contribution in [1.29, 1.82) is 0 Å². The highest BCUT2D eigenvalue weighted by Crippen LogP contribution is 2.11. The third-order valence-electron chi connectivity index (χ3n) is 1.81. The molecule has 118 valence electrons. The molecule has 0 aromatic heterocycles. The summed E-state index contributed by atoms with van der Waals surface area (Å²) in [4.78, 5) is 0. The van der Waals surface area contributed by atoms with Crippen molar-refractivity contribution in [3.8, 4) is 0 Å². The first-order valence-electron chi connectivity index (χ1n) is 5.87. The molecule has 0 bridgehead atoms. The molecule has 7 nitrogen and oxygen atoms in total. The van der Waals surface area contributed by atoms with E-state index in [1.165, 1.54) is 0 Å². The molecule has 0 amide bonds. The summed E-state index contributed by atoms with van der Waals surface area (Å²) in [6.07, 6.45) is 1.75. The molecule has 19 heavy (non-hydrogen) atoms. The molecule has 0 saturated heterocycles. The van der Waals surface area contributed by atoms with Crippen molar-refractivity contribution >= 4 is 0 Å². The Morgan fingerprint density at radius 1 is 0.842 bits per heavy atom. The van der Waals surface area contributed by atoms with Crippen LogP contribution in [-0.2, 0) is 4.74 Å². The first-order chi connectivity index (χ1) is 9.07. The molecule has 0 aliphatic heterocycles. The Balaban J connectivity index is -0.000000228. The lowest BCUT2D eigenvalue weighted by Crippen LogP contribution is -2.37. The Hall–Kier alpha value is -0.540. The number of allylic oxidation sites excluding steroid dienone is 1. The van der Waals surface area contributed by atoms with E-state index in [4.69, 9.17) is 30.6 Å². The van der Waals surface area contributed by atoms with Gasteiger partial charge in [0.25, 0.3) is 0 Å². The fraction of sp³-hybridized carbons (Fsp3) is 0.833. The van der Waals surface area contributed by atoms with Crippen molar-refractivity contribution in [2.75, 3.05) is 52.9 Å². The maximum Gasteiger partial charge on any atom is 0.0698 e. The van der Waals surface area contributed by atoms with E-state index >= 15 is 0 Å². The van der Waals surface area contributed by atoms with Gasteiger partial charge in [-0.3, -0.25) is 0 Å². The number of hydrogen-bond donors (Lipinski definition) is 6. The van der Waals surface area contributed by atoms with Crippen LogP contribution in [0, 0.1) is 5.41 Å². The second-order valence-electron chi connectivity index (χ2n) is 3.60. The maximum absolute atomic E-state index is 8.50. The van der Waals surface area contributed by atoms with Crippen LogP contribution in [0.1, 0.15) is 6.92 Å². The van der Waals surface area contributed by atoms with Gasteiger partial charge in [-0.15, -0.1) is 6.58 Å². The molecule has 7 heteroatoms. The number of hydrogen-bond acceptors (Lipinski definition) is 7. The summed E-state index contributed by atoms with van der Waals surface area (Å²) in [7, 11) is 0. The Bertz CT molecular complexity index is 139. The van der Waals surface area contributed by atoms with Crippen LogP contribution in [-0.4, -0.2) is 83.5 Å². The highest BCUT2D eigenvalue weighted by Gasteiger charge is 2.26. The van der Waals surface area contributed by atoms with Gasteiger partial charge in [0.05, 0.1) is 58.3 Å². The predicted molar refractivity (Wildman–Crippen MR) is 71.6 cm³/mol. The van der Waals surface area contributed by atoms with Crippen molar-refractivity contribution in [3.05, 3.63) is 12.7 Å². The fourth-order valence-electron chi connectivity index (χ4n) is 0.531. The van der Waals surface area contributed by atoms with Crippen LogP contribution in [0.5, 0.6) is 0 Å². The normalized spacial score (nSPS) is 9.84. The summed E-state index contributed by atoms with van der Waals surface area (Å²) in [5.41, 5.74) is -1.11. The smallest absolute Gasteiger partial charge is 0.0698 e. The second-order valence-corrected chi connectivity index (χ2v) is 3.60. The monoisotopic (exact) mass is 284 g/mol. The van der Waals surface area contributed by atoms with E-state index in [0.717, 1.165) is 0 Å². The second kappa shape index (κ2) is 19.8. The van der Waals surface area contributed by atoms with Crippen LogP contribution in [0.2, 0.25) is 0 Å². The van der Waals surface area contributed by atoms with Crippen molar-refractivity contribution < 1.29 is 35.4 Å². The molecular weight excluding hydrogens is 256 g/mol. The molecule has 0 aromatic carbocycles. The summed E-state index contributed by atoms with van der Waals surface area (Å²) in [5, 5.41) is 50.2. The molecule has 0 aliphatic carbocycles. The Morgan fingerprint density at radius 2 is 1.11 bits per heavy atom. The van der Waals surface area contributed by atoms with E-state index in [1.54, 1.807) is 6.08 Å². The van der Waals surface area contributed by atoms with E-state index in [2.05, 4.69) is 11.3 Å². The Morgan fingerprint density at radius 3 is 1.21 bits per heavy atom.